The lowest BCUT2D eigenvalue weighted by Gasteiger charge is -2.09. The summed E-state index contributed by atoms with van der Waals surface area (Å²) in [4.78, 5) is 12.2. The van der Waals surface area contributed by atoms with Crippen molar-refractivity contribution in [3.05, 3.63) is 70.7 Å². The van der Waals surface area contributed by atoms with Gasteiger partial charge < -0.3 is 5.32 Å². The maximum absolute atomic E-state index is 12.5. The van der Waals surface area contributed by atoms with E-state index in [4.69, 9.17) is 23.2 Å². The number of anilines is 1. The van der Waals surface area contributed by atoms with Gasteiger partial charge in [0.05, 0.1) is 15.6 Å². The van der Waals surface area contributed by atoms with Gasteiger partial charge in [-0.05, 0) is 41.1 Å². The molecule has 0 aliphatic carbocycles. The fourth-order valence-electron chi connectivity index (χ4n) is 2.40. The molecule has 1 N–H and O–H groups in total. The molecule has 0 bridgehead atoms. The Hall–Kier alpha value is -2.08. The van der Waals surface area contributed by atoms with Gasteiger partial charge in [-0.3, -0.25) is 4.79 Å². The van der Waals surface area contributed by atoms with Crippen LogP contribution in [0.1, 0.15) is 0 Å². The van der Waals surface area contributed by atoms with Gasteiger partial charge in [-0.25, -0.2) is 8.42 Å². The maximum Gasteiger partial charge on any atom is 0.240 e. The topological polar surface area (TPSA) is 63.2 Å². The number of hydrogen-bond acceptors (Lipinski definition) is 3. The molecule has 0 atom stereocenters. The van der Waals surface area contributed by atoms with Gasteiger partial charge in [0.25, 0.3) is 0 Å². The molecule has 0 radical (unpaired) electrons. The molecule has 25 heavy (non-hydrogen) atoms. The smallest absolute Gasteiger partial charge is 0.240 e. The molecule has 0 aliphatic rings. The number of nitrogens with one attached hydrogen (secondary N) is 1. The number of amides is 1. The predicted octanol–water partition coefficient (Wildman–Crippen LogP) is 4.56. The average Bonchev–Trinajstić information content (AvgIpc) is 2.57. The highest BCUT2D eigenvalue weighted by molar-refractivity contribution is 7.92. The van der Waals surface area contributed by atoms with Crippen LogP contribution in [0.5, 0.6) is 0 Å². The first kappa shape index (κ1) is 17.7. The lowest BCUT2D eigenvalue weighted by Crippen LogP contribution is -2.23. The standard InChI is InChI=1S/C18H13Cl2NO3S/c19-14-6-8-16(20)17(10-14)21-18(22)11-25(23,24)15-7-5-12-3-1-2-4-13(12)9-15/h1-10H,11H2,(H,21,22). The molecule has 0 aromatic heterocycles. The maximum atomic E-state index is 12.5. The largest absolute Gasteiger partial charge is 0.324 e. The van der Waals surface area contributed by atoms with Crippen molar-refractivity contribution in [3.63, 3.8) is 0 Å². The van der Waals surface area contributed by atoms with Crippen molar-refractivity contribution in [1.29, 1.82) is 0 Å². The first-order valence-corrected chi connectivity index (χ1v) is 9.72. The molecule has 0 saturated heterocycles. The van der Waals surface area contributed by atoms with Crippen LogP contribution in [0.15, 0.2) is 65.6 Å². The summed E-state index contributed by atoms with van der Waals surface area (Å²) < 4.78 is 25.0. The minimum Gasteiger partial charge on any atom is -0.324 e. The summed E-state index contributed by atoms with van der Waals surface area (Å²) >= 11 is 11.8. The van der Waals surface area contributed by atoms with E-state index in [1.165, 1.54) is 18.2 Å². The van der Waals surface area contributed by atoms with Crippen molar-refractivity contribution in [2.45, 2.75) is 4.90 Å². The molecule has 0 saturated carbocycles. The second kappa shape index (κ2) is 7.04. The van der Waals surface area contributed by atoms with Gasteiger partial charge in [0.1, 0.15) is 5.75 Å². The number of fused-ring (bicyclic) bond motifs is 1. The lowest BCUT2D eigenvalue weighted by atomic mass is 10.1. The van der Waals surface area contributed by atoms with Crippen molar-refractivity contribution in [2.24, 2.45) is 0 Å². The SMILES string of the molecule is O=C(CS(=O)(=O)c1ccc2ccccc2c1)Nc1cc(Cl)ccc1Cl. The molecular weight excluding hydrogens is 381 g/mol. The van der Waals surface area contributed by atoms with Gasteiger partial charge in [-0.2, -0.15) is 0 Å². The van der Waals surface area contributed by atoms with Crippen molar-refractivity contribution < 1.29 is 13.2 Å². The second-order valence-electron chi connectivity index (χ2n) is 5.44. The Balaban J connectivity index is 1.82. The van der Waals surface area contributed by atoms with Crippen molar-refractivity contribution in [3.8, 4) is 0 Å². The number of hydrogen-bond donors (Lipinski definition) is 1. The normalized spacial score (nSPS) is 11.4. The van der Waals surface area contributed by atoms with Crippen LogP contribution in [0, 0.1) is 0 Å². The molecule has 0 heterocycles. The van der Waals surface area contributed by atoms with Gasteiger partial charge in [-0.1, -0.05) is 53.5 Å². The molecule has 3 aromatic carbocycles. The van der Waals surface area contributed by atoms with Crippen LogP contribution in [0.25, 0.3) is 10.8 Å². The zero-order valence-corrected chi connectivity index (χ0v) is 15.2. The highest BCUT2D eigenvalue weighted by atomic mass is 35.5. The number of sulfone groups is 1. The van der Waals surface area contributed by atoms with Gasteiger partial charge in [0, 0.05) is 5.02 Å². The van der Waals surface area contributed by atoms with E-state index in [-0.39, 0.29) is 15.6 Å². The van der Waals surface area contributed by atoms with Crippen molar-refractivity contribution >= 4 is 55.4 Å². The van der Waals surface area contributed by atoms with Crippen LogP contribution >= 0.6 is 23.2 Å². The van der Waals surface area contributed by atoms with E-state index in [1.807, 2.05) is 24.3 Å². The van der Waals surface area contributed by atoms with Gasteiger partial charge in [0.15, 0.2) is 9.84 Å². The third-order valence-corrected chi connectivity index (χ3v) is 5.78. The second-order valence-corrected chi connectivity index (χ2v) is 8.27. The summed E-state index contributed by atoms with van der Waals surface area (Å²) in [6, 6.07) is 16.7. The molecule has 1 amide bonds. The Bertz CT molecular complexity index is 1060. The van der Waals surface area contributed by atoms with E-state index in [0.29, 0.717) is 5.02 Å². The summed E-state index contributed by atoms with van der Waals surface area (Å²) in [5.41, 5.74) is 0.271. The fraction of sp³-hybridized carbons (Fsp3) is 0.0556. The van der Waals surface area contributed by atoms with Gasteiger partial charge in [-0.15, -0.1) is 0 Å². The molecule has 3 rings (SSSR count). The molecule has 0 spiro atoms. The molecule has 4 nitrogen and oxygen atoms in total. The van der Waals surface area contributed by atoms with Gasteiger partial charge >= 0.3 is 0 Å². The van der Waals surface area contributed by atoms with E-state index < -0.39 is 21.5 Å². The average molecular weight is 394 g/mol. The van der Waals surface area contributed by atoms with Gasteiger partial charge in [0.2, 0.25) is 5.91 Å². The summed E-state index contributed by atoms with van der Waals surface area (Å²) in [7, 11) is -3.78. The van der Waals surface area contributed by atoms with E-state index in [2.05, 4.69) is 5.32 Å². The molecule has 0 unspecified atom stereocenters. The third-order valence-electron chi connectivity index (χ3n) is 3.60. The number of rotatable bonds is 4. The number of benzene rings is 3. The Morgan fingerprint density at radius 3 is 2.40 bits per heavy atom. The minimum absolute atomic E-state index is 0.0959. The number of carbonyl (C=O) groups excluding carboxylic acids is 1. The summed E-state index contributed by atoms with van der Waals surface area (Å²) in [6.45, 7) is 0. The van der Waals surface area contributed by atoms with E-state index >= 15 is 0 Å². The summed E-state index contributed by atoms with van der Waals surface area (Å²) in [5, 5.41) is 4.87. The Kier molecular flexibility index (Phi) is 4.99. The predicted molar refractivity (Wildman–Crippen MR) is 101 cm³/mol. The quantitative estimate of drug-likeness (QED) is 0.706. The first-order valence-electron chi connectivity index (χ1n) is 7.32. The zero-order chi connectivity index (χ0) is 18.0. The molecule has 3 aromatic rings. The lowest BCUT2D eigenvalue weighted by molar-refractivity contribution is -0.113. The monoisotopic (exact) mass is 393 g/mol. The van der Waals surface area contributed by atoms with Crippen LogP contribution in [0.3, 0.4) is 0 Å². The zero-order valence-electron chi connectivity index (χ0n) is 12.9. The van der Waals surface area contributed by atoms with E-state index in [1.54, 1.807) is 18.2 Å². The van der Waals surface area contributed by atoms with E-state index in [0.717, 1.165) is 10.8 Å². The molecular formula is C18H13Cl2NO3S. The highest BCUT2D eigenvalue weighted by Crippen LogP contribution is 2.26. The van der Waals surface area contributed by atoms with Crippen LogP contribution < -0.4 is 5.32 Å². The fourth-order valence-corrected chi connectivity index (χ4v) is 3.90. The molecule has 0 aliphatic heterocycles. The number of carbonyl (C=O) groups is 1. The molecule has 7 heteroatoms. The van der Waals surface area contributed by atoms with Crippen LogP contribution in [0.2, 0.25) is 10.0 Å². The Labute approximate surface area is 155 Å². The number of halogens is 2. The Morgan fingerprint density at radius 1 is 0.920 bits per heavy atom. The van der Waals surface area contributed by atoms with Crippen LogP contribution in [-0.4, -0.2) is 20.1 Å². The molecule has 0 fully saturated rings. The van der Waals surface area contributed by atoms with Crippen molar-refractivity contribution in [2.75, 3.05) is 11.1 Å². The summed E-state index contributed by atoms with van der Waals surface area (Å²) in [5.74, 6) is -1.37. The van der Waals surface area contributed by atoms with Crippen LogP contribution in [-0.2, 0) is 14.6 Å². The van der Waals surface area contributed by atoms with E-state index in [9.17, 15) is 13.2 Å². The third kappa shape index (κ3) is 4.12. The van der Waals surface area contributed by atoms with Crippen LogP contribution in [0.4, 0.5) is 5.69 Å². The molecule has 128 valence electrons. The first-order chi connectivity index (χ1) is 11.8. The highest BCUT2D eigenvalue weighted by Gasteiger charge is 2.20. The van der Waals surface area contributed by atoms with Crippen molar-refractivity contribution in [1.82, 2.24) is 0 Å². The summed E-state index contributed by atoms with van der Waals surface area (Å²) in [6.07, 6.45) is 0. The Morgan fingerprint density at radius 2 is 1.64 bits per heavy atom. The minimum atomic E-state index is -3.78.